The molecule has 0 amide bonds. The SMILES string of the molecule is CCc1ccc(Nc2cc(N)nn3cc([C@H]4CC[C@H](N)CC4)nc23)cc1. The van der Waals surface area contributed by atoms with Crippen molar-refractivity contribution in [1.29, 1.82) is 0 Å². The second kappa shape index (κ2) is 6.96. The Morgan fingerprint density at radius 2 is 1.88 bits per heavy atom. The molecule has 26 heavy (non-hydrogen) atoms. The number of rotatable bonds is 4. The second-order valence-electron chi connectivity index (χ2n) is 7.20. The number of aryl methyl sites for hydroxylation is 1. The third-order valence-electron chi connectivity index (χ3n) is 5.29. The van der Waals surface area contributed by atoms with Crippen LogP contribution >= 0.6 is 0 Å². The van der Waals surface area contributed by atoms with Gasteiger partial charge in [-0.05, 0) is 49.8 Å². The molecular weight excluding hydrogens is 324 g/mol. The lowest BCUT2D eigenvalue weighted by atomic mass is 9.85. The zero-order valence-corrected chi connectivity index (χ0v) is 15.2. The summed E-state index contributed by atoms with van der Waals surface area (Å²) in [6, 6.07) is 10.6. The van der Waals surface area contributed by atoms with Crippen molar-refractivity contribution in [3.05, 3.63) is 47.8 Å². The first-order valence-corrected chi connectivity index (χ1v) is 9.39. The van der Waals surface area contributed by atoms with Gasteiger partial charge in [0.2, 0.25) is 0 Å². The van der Waals surface area contributed by atoms with E-state index in [1.165, 1.54) is 5.56 Å². The Bertz CT molecular complexity index is 891. The molecule has 6 heteroatoms. The summed E-state index contributed by atoms with van der Waals surface area (Å²) in [4.78, 5) is 4.87. The Hall–Kier alpha value is -2.60. The molecule has 0 aliphatic heterocycles. The van der Waals surface area contributed by atoms with Crippen LogP contribution in [0.4, 0.5) is 17.2 Å². The minimum atomic E-state index is 0.334. The molecule has 3 aromatic rings. The number of hydrogen-bond donors (Lipinski definition) is 3. The van der Waals surface area contributed by atoms with Crippen LogP contribution in [0, 0.1) is 0 Å². The maximum absolute atomic E-state index is 6.04. The molecule has 1 aliphatic rings. The average Bonchev–Trinajstić information content (AvgIpc) is 3.07. The van der Waals surface area contributed by atoms with Crippen molar-refractivity contribution in [3.63, 3.8) is 0 Å². The molecule has 2 heterocycles. The lowest BCUT2D eigenvalue weighted by Gasteiger charge is -2.24. The van der Waals surface area contributed by atoms with Gasteiger partial charge in [0.05, 0.1) is 17.6 Å². The van der Waals surface area contributed by atoms with E-state index in [-0.39, 0.29) is 0 Å². The molecule has 0 unspecified atom stereocenters. The number of nitrogens with zero attached hydrogens (tertiary/aromatic N) is 3. The summed E-state index contributed by atoms with van der Waals surface area (Å²) >= 11 is 0. The van der Waals surface area contributed by atoms with Gasteiger partial charge < -0.3 is 16.8 Å². The van der Waals surface area contributed by atoms with Crippen LogP contribution in [0.25, 0.3) is 5.65 Å². The minimum Gasteiger partial charge on any atom is -0.382 e. The number of aromatic nitrogens is 3. The van der Waals surface area contributed by atoms with E-state index in [4.69, 9.17) is 16.5 Å². The predicted molar refractivity (Wildman–Crippen MR) is 106 cm³/mol. The zero-order chi connectivity index (χ0) is 18.1. The number of hydrogen-bond acceptors (Lipinski definition) is 5. The summed E-state index contributed by atoms with van der Waals surface area (Å²) in [7, 11) is 0. The van der Waals surface area contributed by atoms with Crippen LogP contribution in [0.2, 0.25) is 0 Å². The number of nitrogen functional groups attached to an aromatic ring is 1. The lowest BCUT2D eigenvalue weighted by molar-refractivity contribution is 0.391. The van der Waals surface area contributed by atoms with Crippen molar-refractivity contribution in [2.75, 3.05) is 11.1 Å². The zero-order valence-electron chi connectivity index (χ0n) is 15.2. The fourth-order valence-electron chi connectivity index (χ4n) is 3.70. The van der Waals surface area contributed by atoms with Crippen molar-refractivity contribution in [3.8, 4) is 0 Å². The van der Waals surface area contributed by atoms with E-state index in [1.54, 1.807) is 4.52 Å². The normalized spacial score (nSPS) is 20.4. The van der Waals surface area contributed by atoms with Gasteiger partial charge >= 0.3 is 0 Å². The van der Waals surface area contributed by atoms with E-state index in [9.17, 15) is 0 Å². The summed E-state index contributed by atoms with van der Waals surface area (Å²) in [5.41, 5.74) is 17.1. The van der Waals surface area contributed by atoms with E-state index in [0.717, 1.165) is 54.8 Å². The smallest absolute Gasteiger partial charge is 0.177 e. The first-order valence-electron chi connectivity index (χ1n) is 9.39. The van der Waals surface area contributed by atoms with E-state index in [2.05, 4.69) is 41.6 Å². The summed E-state index contributed by atoms with van der Waals surface area (Å²) in [5.74, 6) is 0.925. The maximum atomic E-state index is 6.04. The highest BCUT2D eigenvalue weighted by molar-refractivity contribution is 5.75. The number of imidazole rings is 1. The Morgan fingerprint density at radius 3 is 2.58 bits per heavy atom. The third kappa shape index (κ3) is 3.37. The van der Waals surface area contributed by atoms with Gasteiger partial charge in [0, 0.05) is 23.7 Å². The number of anilines is 3. The molecule has 2 aromatic heterocycles. The molecule has 1 aromatic carbocycles. The molecule has 6 nitrogen and oxygen atoms in total. The number of nitrogens with two attached hydrogens (primary N) is 2. The number of benzene rings is 1. The number of fused-ring (bicyclic) bond motifs is 1. The number of nitrogens with one attached hydrogen (secondary N) is 1. The van der Waals surface area contributed by atoms with E-state index in [0.29, 0.717) is 17.8 Å². The van der Waals surface area contributed by atoms with Gasteiger partial charge in [0.15, 0.2) is 5.65 Å². The highest BCUT2D eigenvalue weighted by atomic mass is 15.3. The quantitative estimate of drug-likeness (QED) is 0.668. The van der Waals surface area contributed by atoms with Gasteiger partial charge in [-0.3, -0.25) is 0 Å². The highest BCUT2D eigenvalue weighted by Crippen LogP contribution is 2.33. The van der Waals surface area contributed by atoms with Crippen LogP contribution in [-0.4, -0.2) is 20.6 Å². The summed E-state index contributed by atoms with van der Waals surface area (Å²) in [6.07, 6.45) is 7.33. The molecule has 4 rings (SSSR count). The van der Waals surface area contributed by atoms with Crippen LogP contribution in [0.3, 0.4) is 0 Å². The predicted octanol–water partition coefficient (Wildman–Crippen LogP) is 3.60. The Labute approximate surface area is 153 Å². The Morgan fingerprint density at radius 1 is 1.15 bits per heavy atom. The molecule has 1 saturated carbocycles. The van der Waals surface area contributed by atoms with Crippen molar-refractivity contribution in [1.82, 2.24) is 14.6 Å². The fraction of sp³-hybridized carbons (Fsp3) is 0.400. The lowest BCUT2D eigenvalue weighted by Crippen LogP contribution is -2.25. The van der Waals surface area contributed by atoms with Crippen molar-refractivity contribution in [2.24, 2.45) is 5.73 Å². The van der Waals surface area contributed by atoms with Gasteiger partial charge in [-0.2, -0.15) is 0 Å². The van der Waals surface area contributed by atoms with Crippen molar-refractivity contribution >= 4 is 22.8 Å². The maximum Gasteiger partial charge on any atom is 0.177 e. The van der Waals surface area contributed by atoms with E-state index in [1.807, 2.05) is 12.3 Å². The second-order valence-corrected chi connectivity index (χ2v) is 7.20. The highest BCUT2D eigenvalue weighted by Gasteiger charge is 2.23. The minimum absolute atomic E-state index is 0.334. The Kier molecular flexibility index (Phi) is 4.51. The molecule has 136 valence electrons. The molecule has 0 saturated heterocycles. The van der Waals surface area contributed by atoms with Crippen molar-refractivity contribution < 1.29 is 0 Å². The molecule has 0 spiro atoms. The van der Waals surface area contributed by atoms with Crippen molar-refractivity contribution in [2.45, 2.75) is 51.0 Å². The van der Waals surface area contributed by atoms with E-state index < -0.39 is 0 Å². The van der Waals surface area contributed by atoms with Crippen LogP contribution in [0.1, 0.15) is 49.8 Å². The van der Waals surface area contributed by atoms with Gasteiger partial charge in [0.25, 0.3) is 0 Å². The summed E-state index contributed by atoms with van der Waals surface area (Å²) in [6.45, 7) is 2.15. The third-order valence-corrected chi connectivity index (χ3v) is 5.29. The van der Waals surface area contributed by atoms with Gasteiger partial charge in [0.1, 0.15) is 5.82 Å². The Balaban J connectivity index is 1.65. The van der Waals surface area contributed by atoms with Gasteiger partial charge in [-0.15, -0.1) is 5.10 Å². The van der Waals surface area contributed by atoms with Gasteiger partial charge in [-0.25, -0.2) is 9.50 Å². The molecule has 0 atom stereocenters. The molecule has 1 aliphatic carbocycles. The van der Waals surface area contributed by atoms with Crippen LogP contribution in [-0.2, 0) is 6.42 Å². The first kappa shape index (κ1) is 16.8. The molecular formula is C20H26N6. The molecule has 1 fully saturated rings. The largest absolute Gasteiger partial charge is 0.382 e. The summed E-state index contributed by atoms with van der Waals surface area (Å²) < 4.78 is 1.79. The first-order chi connectivity index (χ1) is 12.6. The van der Waals surface area contributed by atoms with Crippen LogP contribution < -0.4 is 16.8 Å². The monoisotopic (exact) mass is 350 g/mol. The van der Waals surface area contributed by atoms with E-state index >= 15 is 0 Å². The topological polar surface area (TPSA) is 94.3 Å². The van der Waals surface area contributed by atoms with Crippen LogP contribution in [0.15, 0.2) is 36.5 Å². The standard InChI is InChI=1S/C20H26N6/c1-2-13-3-9-16(10-4-13)23-17-11-19(22)25-26-12-18(24-20(17)26)14-5-7-15(21)8-6-14/h3-4,9-12,14-15,23H,2,5-8,21H2,1H3,(H2,22,25)/t14-,15-. The average molecular weight is 350 g/mol. The molecule has 0 radical (unpaired) electrons. The van der Waals surface area contributed by atoms with Gasteiger partial charge in [-0.1, -0.05) is 19.1 Å². The molecule has 5 N–H and O–H groups in total. The fourth-order valence-corrected chi connectivity index (χ4v) is 3.70. The molecule has 0 bridgehead atoms. The summed E-state index contributed by atoms with van der Waals surface area (Å²) in [5, 5.41) is 7.84. The van der Waals surface area contributed by atoms with Crippen LogP contribution in [0.5, 0.6) is 0 Å².